The van der Waals surface area contributed by atoms with E-state index in [-0.39, 0.29) is 39.5 Å². The van der Waals surface area contributed by atoms with Gasteiger partial charge in [0.05, 0.1) is 4.11 Å². The molecule has 0 aliphatic rings. The molecule has 1 N–H and O–H groups in total. The highest BCUT2D eigenvalue weighted by Gasteiger charge is 2.00. The Morgan fingerprint density at radius 2 is 2.73 bits per heavy atom. The van der Waals surface area contributed by atoms with Gasteiger partial charge in [-0.05, 0) is 34.9 Å². The third-order valence-corrected chi connectivity index (χ3v) is 1.88. The van der Waals surface area contributed by atoms with Crippen LogP contribution in [0.5, 0.6) is 0 Å². The van der Waals surface area contributed by atoms with E-state index in [4.69, 9.17) is 8.22 Å². The zero-order valence-corrected chi connectivity index (χ0v) is 6.91. The second kappa shape index (κ2) is 2.34. The Morgan fingerprint density at radius 3 is 3.55 bits per heavy atom. The van der Waals surface area contributed by atoms with Crippen LogP contribution < -0.4 is 0 Å². The lowest BCUT2D eigenvalue weighted by atomic mass is 10.3. The van der Waals surface area contributed by atoms with Gasteiger partial charge in [0, 0.05) is 25.8 Å². The largest absolute Gasteiger partial charge is 0.344 e. The maximum absolute atomic E-state index is 7.78. The molecule has 0 spiro atoms. The summed E-state index contributed by atoms with van der Waals surface area (Å²) in [5, 5.41) is 0.220. The molecule has 0 unspecified atom stereocenters. The van der Waals surface area contributed by atoms with Crippen molar-refractivity contribution in [1.29, 1.82) is 0 Å². The van der Waals surface area contributed by atoms with E-state index in [1.807, 2.05) is 0 Å². The normalized spacial score (nSPS) is 19.7. The third-order valence-electron chi connectivity index (χ3n) is 1.28. The first kappa shape index (κ1) is 2.90. The maximum atomic E-state index is 7.78. The van der Waals surface area contributed by atoms with Crippen LogP contribution in [0.4, 0.5) is 0 Å². The number of nitrogens with zero attached hydrogens (tertiary/aromatic N) is 1. The van der Waals surface area contributed by atoms with Gasteiger partial charge in [0.15, 0.2) is 0 Å². The SMILES string of the molecule is [2H]c1nc2[nH]c(C([2H])([2H])[2H])c([2H])c2c(Br)c1[2H]. The van der Waals surface area contributed by atoms with Gasteiger partial charge in [0.1, 0.15) is 5.65 Å². The number of aromatic amines is 1. The summed E-state index contributed by atoms with van der Waals surface area (Å²) in [6.07, 6.45) is -0.275. The molecule has 0 atom stereocenters. The van der Waals surface area contributed by atoms with Crippen LogP contribution in [0.25, 0.3) is 11.0 Å². The summed E-state index contributed by atoms with van der Waals surface area (Å²) in [5.41, 5.74) is -0.0975. The molecule has 0 aromatic carbocycles. The Morgan fingerprint density at radius 1 is 1.82 bits per heavy atom. The summed E-state index contributed by atoms with van der Waals surface area (Å²) in [6.45, 7) is -2.44. The topological polar surface area (TPSA) is 28.7 Å². The van der Waals surface area contributed by atoms with E-state index in [0.717, 1.165) is 0 Å². The number of hydrogen-bond acceptors (Lipinski definition) is 1. The molecule has 56 valence electrons. The first-order chi connectivity index (χ1) is 7.73. The molecule has 2 aromatic rings. The molecule has 0 aliphatic carbocycles. The Balaban J connectivity index is 2.89. The van der Waals surface area contributed by atoms with Crippen LogP contribution in [0, 0.1) is 6.85 Å². The van der Waals surface area contributed by atoms with Crippen molar-refractivity contribution < 1.29 is 8.22 Å². The molecule has 0 fully saturated rings. The van der Waals surface area contributed by atoms with Crippen molar-refractivity contribution in [2.45, 2.75) is 6.85 Å². The van der Waals surface area contributed by atoms with Gasteiger partial charge in [-0.3, -0.25) is 0 Å². The van der Waals surface area contributed by atoms with Crippen molar-refractivity contribution in [3.63, 3.8) is 0 Å². The lowest BCUT2D eigenvalue weighted by molar-refractivity contribution is 1.25. The standard InChI is InChI=1S/C8H7BrN2/c1-5-4-6-7(9)2-3-10-8(6)11-5/h2-4H,1H3,(H,10,11)/i1D3,2D,3D,4D. The average Bonchev–Trinajstić information content (AvgIpc) is 2.52. The molecule has 11 heavy (non-hydrogen) atoms. The van der Waals surface area contributed by atoms with Crippen molar-refractivity contribution in [2.24, 2.45) is 0 Å². The van der Waals surface area contributed by atoms with E-state index in [1.54, 1.807) is 0 Å². The molecule has 2 rings (SSSR count). The van der Waals surface area contributed by atoms with E-state index < -0.39 is 6.85 Å². The van der Waals surface area contributed by atoms with Gasteiger partial charge in [-0.25, -0.2) is 4.98 Å². The van der Waals surface area contributed by atoms with Crippen molar-refractivity contribution in [2.75, 3.05) is 0 Å². The van der Waals surface area contributed by atoms with Crippen LogP contribution in [-0.4, -0.2) is 9.97 Å². The number of H-pyrrole nitrogens is 1. The van der Waals surface area contributed by atoms with Crippen LogP contribution in [-0.2, 0) is 0 Å². The maximum Gasteiger partial charge on any atom is 0.138 e. The molecule has 0 aliphatic heterocycles. The van der Waals surface area contributed by atoms with Gasteiger partial charge in [0.2, 0.25) is 0 Å². The van der Waals surface area contributed by atoms with Crippen molar-refractivity contribution in [3.8, 4) is 0 Å². The minimum absolute atomic E-state index is 0.133. The fourth-order valence-electron chi connectivity index (χ4n) is 0.834. The molecular weight excluding hydrogens is 204 g/mol. The third kappa shape index (κ3) is 1.05. The molecule has 2 aromatic heterocycles. The summed E-state index contributed by atoms with van der Waals surface area (Å²) in [4.78, 5) is 6.27. The van der Waals surface area contributed by atoms with Gasteiger partial charge < -0.3 is 4.98 Å². The highest BCUT2D eigenvalue weighted by molar-refractivity contribution is 9.10. The Hall–Kier alpha value is -0.830. The minimum atomic E-state index is -2.44. The van der Waals surface area contributed by atoms with Crippen LogP contribution >= 0.6 is 15.9 Å². The number of hydrogen-bond donors (Lipinski definition) is 1. The van der Waals surface area contributed by atoms with Crippen molar-refractivity contribution >= 4 is 27.0 Å². The second-order valence-electron chi connectivity index (χ2n) is 2.01. The van der Waals surface area contributed by atoms with Gasteiger partial charge in [-0.15, -0.1) is 0 Å². The smallest absolute Gasteiger partial charge is 0.138 e. The summed E-state index contributed by atoms with van der Waals surface area (Å²) in [5.74, 6) is 0. The summed E-state index contributed by atoms with van der Waals surface area (Å²) >= 11 is 3.09. The zero-order valence-electron chi connectivity index (χ0n) is 11.3. The molecule has 2 nitrogen and oxygen atoms in total. The Kier molecular flexibility index (Phi) is 0.617. The van der Waals surface area contributed by atoms with E-state index in [9.17, 15) is 0 Å². The van der Waals surface area contributed by atoms with Crippen LogP contribution in [0.3, 0.4) is 0 Å². The summed E-state index contributed by atoms with van der Waals surface area (Å²) in [6, 6.07) is -0.380. The predicted molar refractivity (Wildman–Crippen MR) is 48.5 cm³/mol. The molecule has 0 saturated carbocycles. The number of halogens is 1. The number of nitrogens with one attached hydrogen (secondary N) is 1. The Labute approximate surface area is 81.2 Å². The number of pyridine rings is 1. The van der Waals surface area contributed by atoms with Crippen molar-refractivity contribution in [3.05, 3.63) is 28.4 Å². The molecular formula is C8H7BrN2. The van der Waals surface area contributed by atoms with Crippen LogP contribution in [0.2, 0.25) is 0 Å². The number of rotatable bonds is 0. The highest BCUT2D eigenvalue weighted by Crippen LogP contribution is 2.21. The summed E-state index contributed by atoms with van der Waals surface area (Å²) in [7, 11) is 0. The monoisotopic (exact) mass is 216 g/mol. The molecule has 0 amide bonds. The van der Waals surface area contributed by atoms with Crippen LogP contribution in [0.1, 0.15) is 13.9 Å². The lowest BCUT2D eigenvalue weighted by Crippen LogP contribution is -1.74. The molecule has 0 saturated heterocycles. The van der Waals surface area contributed by atoms with Gasteiger partial charge in [0.25, 0.3) is 0 Å². The van der Waals surface area contributed by atoms with Gasteiger partial charge in [-0.1, -0.05) is 0 Å². The zero-order chi connectivity index (χ0) is 13.0. The quantitative estimate of drug-likeness (QED) is 0.721. The van der Waals surface area contributed by atoms with Crippen molar-refractivity contribution in [1.82, 2.24) is 9.97 Å². The van der Waals surface area contributed by atoms with E-state index in [2.05, 4.69) is 25.9 Å². The molecule has 3 heteroatoms. The molecule has 0 radical (unpaired) electrons. The van der Waals surface area contributed by atoms with Gasteiger partial charge >= 0.3 is 0 Å². The molecule has 0 bridgehead atoms. The van der Waals surface area contributed by atoms with E-state index >= 15 is 0 Å². The number of aryl methyl sites for hydroxylation is 1. The highest BCUT2D eigenvalue weighted by atomic mass is 79.9. The van der Waals surface area contributed by atoms with E-state index in [0.29, 0.717) is 0 Å². The fourth-order valence-corrected chi connectivity index (χ4v) is 1.21. The minimum Gasteiger partial charge on any atom is -0.344 e. The fraction of sp³-hybridized carbons (Fsp3) is 0.125. The first-order valence-electron chi connectivity index (χ1n) is 5.89. The summed E-state index contributed by atoms with van der Waals surface area (Å²) < 4.78 is 44.8. The lowest BCUT2D eigenvalue weighted by Gasteiger charge is -1.89. The molecule has 2 heterocycles. The number of aromatic nitrogens is 2. The average molecular weight is 217 g/mol. The Bertz CT molecular complexity index is 602. The second-order valence-corrected chi connectivity index (χ2v) is 2.80. The van der Waals surface area contributed by atoms with Crippen LogP contribution in [0.15, 0.2) is 22.7 Å². The number of fused-ring (bicyclic) bond motifs is 1. The van der Waals surface area contributed by atoms with Gasteiger partial charge in [-0.2, -0.15) is 0 Å². The van der Waals surface area contributed by atoms with E-state index in [1.165, 1.54) is 0 Å². The predicted octanol–water partition coefficient (Wildman–Crippen LogP) is 2.63. The first-order valence-corrected chi connectivity index (χ1v) is 3.68.